The Morgan fingerprint density at radius 2 is 1.32 bits per heavy atom. The van der Waals surface area contributed by atoms with Gasteiger partial charge in [-0.3, -0.25) is 14.4 Å². The fourth-order valence-electron chi connectivity index (χ4n) is 2.70. The van der Waals surface area contributed by atoms with Gasteiger partial charge in [0.25, 0.3) is 0 Å². The molecule has 2 N–H and O–H groups in total. The van der Waals surface area contributed by atoms with Crippen molar-refractivity contribution in [1.29, 1.82) is 0 Å². The van der Waals surface area contributed by atoms with Crippen molar-refractivity contribution in [3.63, 3.8) is 0 Å². The third-order valence-electron chi connectivity index (χ3n) is 3.68. The number of aliphatic carboxylic acids is 2. The van der Waals surface area contributed by atoms with Gasteiger partial charge in [-0.05, 0) is 13.8 Å². The third-order valence-corrected chi connectivity index (χ3v) is 3.68. The van der Waals surface area contributed by atoms with Crippen LogP contribution in [0.1, 0.15) is 41.0 Å². The maximum atomic E-state index is 12.0. The maximum Gasteiger partial charge on any atom is 0.391 e. The van der Waals surface area contributed by atoms with Gasteiger partial charge in [-0.2, -0.15) is 0 Å². The third kappa shape index (κ3) is 2.33. The predicted molar refractivity (Wildman–Crippen MR) is 76.4 cm³/mol. The molecule has 0 fully saturated rings. The van der Waals surface area contributed by atoms with Gasteiger partial charge in [0.05, 0.1) is 0 Å². The number of carboxylic acid groups (broad SMARTS) is 2. The standard InChI is InChI=1S/C15H12O10/c1-5(16)8-10-11(23-4-22-10)9(6(2)17)13-12(8)24-15(25-13,14(20)21)3-7(18)19/h3-4H2,1-2H3,(H,18,19)(H,20,21). The number of carbonyl (C=O) groups is 4. The summed E-state index contributed by atoms with van der Waals surface area (Å²) >= 11 is 0. The molecule has 0 saturated carbocycles. The molecule has 0 amide bonds. The lowest BCUT2D eigenvalue weighted by Crippen LogP contribution is -2.48. The summed E-state index contributed by atoms with van der Waals surface area (Å²) in [6.07, 6.45) is -1.06. The van der Waals surface area contributed by atoms with Gasteiger partial charge < -0.3 is 29.2 Å². The lowest BCUT2D eigenvalue weighted by Gasteiger charge is -2.20. The second kappa shape index (κ2) is 5.36. The van der Waals surface area contributed by atoms with Crippen LogP contribution in [0.15, 0.2) is 0 Å². The average molecular weight is 352 g/mol. The number of Topliss-reactive ketones (excluding diaryl/α,β-unsaturated/α-hetero) is 2. The van der Waals surface area contributed by atoms with Crippen molar-refractivity contribution in [3.8, 4) is 23.0 Å². The first-order chi connectivity index (χ1) is 11.7. The highest BCUT2D eigenvalue weighted by molar-refractivity contribution is 6.09. The van der Waals surface area contributed by atoms with Crippen LogP contribution in [-0.4, -0.2) is 46.3 Å². The highest BCUT2D eigenvalue weighted by Gasteiger charge is 2.55. The number of fused-ring (bicyclic) bond motifs is 2. The molecule has 0 unspecified atom stereocenters. The fraction of sp³-hybridized carbons (Fsp3) is 0.333. The Labute approximate surface area is 139 Å². The molecule has 2 aliphatic rings. The largest absolute Gasteiger partial charge is 0.481 e. The van der Waals surface area contributed by atoms with Gasteiger partial charge >= 0.3 is 17.7 Å². The normalized spacial score (nSPS) is 15.8. The molecule has 25 heavy (non-hydrogen) atoms. The van der Waals surface area contributed by atoms with Gasteiger partial charge in [0.1, 0.15) is 17.5 Å². The monoisotopic (exact) mass is 352 g/mol. The number of hydrogen-bond donors (Lipinski definition) is 2. The first kappa shape index (κ1) is 16.6. The maximum absolute atomic E-state index is 12.0. The van der Waals surface area contributed by atoms with E-state index in [1.807, 2.05) is 0 Å². The summed E-state index contributed by atoms with van der Waals surface area (Å²) in [6.45, 7) is 2.09. The molecule has 1 aromatic rings. The summed E-state index contributed by atoms with van der Waals surface area (Å²) in [6, 6.07) is 0. The van der Waals surface area contributed by atoms with Crippen molar-refractivity contribution in [2.45, 2.75) is 26.1 Å². The minimum atomic E-state index is -2.61. The summed E-state index contributed by atoms with van der Waals surface area (Å²) in [5.74, 6) is -7.83. The Hall–Kier alpha value is -3.30. The van der Waals surface area contributed by atoms with Crippen LogP contribution in [-0.2, 0) is 9.59 Å². The smallest absolute Gasteiger partial charge is 0.391 e. The highest BCUT2D eigenvalue weighted by Crippen LogP contribution is 2.55. The zero-order valence-electron chi connectivity index (χ0n) is 13.1. The molecule has 0 atom stereocenters. The van der Waals surface area contributed by atoms with Crippen LogP contribution in [0, 0.1) is 0 Å². The second-order valence-electron chi connectivity index (χ2n) is 5.42. The number of benzene rings is 1. The number of carboxylic acids is 2. The summed E-state index contributed by atoms with van der Waals surface area (Å²) in [4.78, 5) is 46.7. The van der Waals surface area contributed by atoms with E-state index in [9.17, 15) is 24.3 Å². The predicted octanol–water partition coefficient (Wildman–Crippen LogP) is 0.847. The number of hydrogen-bond acceptors (Lipinski definition) is 8. The molecule has 0 spiro atoms. The second-order valence-corrected chi connectivity index (χ2v) is 5.42. The van der Waals surface area contributed by atoms with Crippen LogP contribution < -0.4 is 18.9 Å². The van der Waals surface area contributed by atoms with Crippen molar-refractivity contribution in [2.75, 3.05) is 6.79 Å². The van der Waals surface area contributed by atoms with Crippen LogP contribution in [0.2, 0.25) is 0 Å². The summed E-state index contributed by atoms with van der Waals surface area (Å²) in [5.41, 5.74) is -0.359. The van der Waals surface area contributed by atoms with E-state index in [2.05, 4.69) is 0 Å². The van der Waals surface area contributed by atoms with Crippen LogP contribution in [0.5, 0.6) is 23.0 Å². The van der Waals surface area contributed by atoms with E-state index in [1.165, 1.54) is 13.8 Å². The van der Waals surface area contributed by atoms with E-state index in [0.29, 0.717) is 0 Å². The fourth-order valence-corrected chi connectivity index (χ4v) is 2.70. The number of rotatable bonds is 5. The van der Waals surface area contributed by atoms with Gasteiger partial charge in [0.15, 0.2) is 34.6 Å². The Morgan fingerprint density at radius 3 is 1.64 bits per heavy atom. The topological polar surface area (TPSA) is 146 Å². The first-order valence-electron chi connectivity index (χ1n) is 7.02. The number of ether oxygens (including phenoxy) is 4. The molecule has 2 aliphatic heterocycles. The van der Waals surface area contributed by atoms with E-state index in [4.69, 9.17) is 24.1 Å². The average Bonchev–Trinajstić information content (AvgIpc) is 3.07. The molecule has 1 aromatic carbocycles. The van der Waals surface area contributed by atoms with Crippen molar-refractivity contribution in [3.05, 3.63) is 11.1 Å². The van der Waals surface area contributed by atoms with Crippen molar-refractivity contribution < 1.29 is 48.3 Å². The SMILES string of the molecule is CC(=O)c1c2c(c(C(C)=O)c3c1OC(CC(=O)O)(C(=O)O)O3)OCO2. The van der Waals surface area contributed by atoms with Gasteiger partial charge in [-0.15, -0.1) is 0 Å². The zero-order chi connectivity index (χ0) is 18.5. The van der Waals surface area contributed by atoms with Crippen LogP contribution in [0.3, 0.4) is 0 Å². The molecule has 2 heterocycles. The molecule has 10 nitrogen and oxygen atoms in total. The number of ketones is 2. The highest BCUT2D eigenvalue weighted by atomic mass is 16.8. The van der Waals surface area contributed by atoms with Crippen molar-refractivity contribution >= 4 is 23.5 Å². The van der Waals surface area contributed by atoms with E-state index < -0.39 is 35.7 Å². The van der Waals surface area contributed by atoms with Gasteiger partial charge in [-0.25, -0.2) is 4.79 Å². The molecule has 10 heteroatoms. The lowest BCUT2D eigenvalue weighted by molar-refractivity contribution is -0.184. The molecule has 0 saturated heterocycles. The van der Waals surface area contributed by atoms with E-state index >= 15 is 0 Å². The minimum Gasteiger partial charge on any atom is -0.481 e. The van der Waals surface area contributed by atoms with E-state index in [1.54, 1.807) is 0 Å². The Balaban J connectivity index is 2.30. The zero-order valence-corrected chi connectivity index (χ0v) is 13.1. The van der Waals surface area contributed by atoms with Gasteiger partial charge in [0, 0.05) is 0 Å². The summed E-state index contributed by atoms with van der Waals surface area (Å²) in [7, 11) is 0. The van der Waals surface area contributed by atoms with Crippen LogP contribution in [0.4, 0.5) is 0 Å². The van der Waals surface area contributed by atoms with E-state index in [-0.39, 0.29) is 40.9 Å². The summed E-state index contributed by atoms with van der Waals surface area (Å²) < 4.78 is 21.0. The van der Waals surface area contributed by atoms with Gasteiger partial charge in [-0.1, -0.05) is 0 Å². The molecule has 0 aliphatic carbocycles. The molecule has 0 aromatic heterocycles. The lowest BCUT2D eigenvalue weighted by atomic mass is 10.0. The molecular formula is C15H12O10. The quantitative estimate of drug-likeness (QED) is 0.731. The Bertz CT molecular complexity index is 786. The number of carbonyl (C=O) groups excluding carboxylic acids is 2. The Kier molecular flexibility index (Phi) is 3.55. The van der Waals surface area contributed by atoms with Crippen LogP contribution in [0.25, 0.3) is 0 Å². The van der Waals surface area contributed by atoms with E-state index in [0.717, 1.165) is 0 Å². The van der Waals surface area contributed by atoms with Crippen molar-refractivity contribution in [2.24, 2.45) is 0 Å². The molecule has 0 bridgehead atoms. The molecular weight excluding hydrogens is 340 g/mol. The van der Waals surface area contributed by atoms with Gasteiger partial charge in [0.2, 0.25) is 6.79 Å². The van der Waals surface area contributed by atoms with Crippen LogP contribution >= 0.6 is 0 Å². The molecule has 132 valence electrons. The van der Waals surface area contributed by atoms with Crippen molar-refractivity contribution in [1.82, 2.24) is 0 Å². The molecule has 3 rings (SSSR count). The Morgan fingerprint density at radius 1 is 0.880 bits per heavy atom. The molecule has 0 radical (unpaired) electrons. The summed E-state index contributed by atoms with van der Waals surface area (Å²) in [5, 5.41) is 18.4. The first-order valence-corrected chi connectivity index (χ1v) is 7.02. The minimum absolute atomic E-state index is 0.0726.